The molecule has 0 amide bonds. The molecule has 1 aliphatic rings. The molecule has 0 saturated carbocycles. The molecule has 12 rings (SSSR count). The average molecular weight is 767 g/mol. The molecule has 0 bridgehead atoms. The van der Waals surface area contributed by atoms with E-state index in [-0.39, 0.29) is 12.3 Å². The molecule has 2 unspecified atom stereocenters. The van der Waals surface area contributed by atoms with Gasteiger partial charge in [0.15, 0.2) is 0 Å². The Balaban J connectivity index is 1.06. The van der Waals surface area contributed by atoms with Crippen LogP contribution in [0, 0.1) is 0 Å². The maximum Gasteiger partial charge on any atom is 0.131 e. The molecule has 2 atom stereocenters. The first-order valence-electron chi connectivity index (χ1n) is 19.4. The van der Waals surface area contributed by atoms with Gasteiger partial charge in [-0.1, -0.05) is 152 Å². The zero-order valence-electron chi connectivity index (χ0n) is 30.7. The third-order valence-corrected chi connectivity index (χ3v) is 13.9. The molecule has 4 nitrogen and oxygen atoms in total. The van der Waals surface area contributed by atoms with Gasteiger partial charge in [-0.2, -0.15) is 0 Å². The lowest BCUT2D eigenvalue weighted by Crippen LogP contribution is -2.45. The van der Waals surface area contributed by atoms with Crippen molar-refractivity contribution in [1.29, 1.82) is 0 Å². The minimum atomic E-state index is -0.193. The summed E-state index contributed by atoms with van der Waals surface area (Å²) >= 11 is 3.78. The van der Waals surface area contributed by atoms with Crippen LogP contribution in [0.2, 0.25) is 0 Å². The lowest BCUT2D eigenvalue weighted by Gasteiger charge is -2.32. The normalized spacial score (nSPS) is 15.9. The SMILES string of the molecule is c1ccc(C2=NC(c3ccccc3)NC(c3cccc4c3sc3c(-c5cccc6sc7cccc(-n8c9ccccc9c9ccccc98)c7c56)cccc34)N2)cc1. The third-order valence-electron chi connectivity index (χ3n) is 11.5. The van der Waals surface area contributed by atoms with Crippen molar-refractivity contribution < 1.29 is 0 Å². The molecular weight excluding hydrogens is 733 g/mol. The van der Waals surface area contributed by atoms with E-state index in [0.29, 0.717) is 0 Å². The quantitative estimate of drug-likeness (QED) is 0.183. The standard InChI is InChI=1S/C51H34N4S2/c1-3-15-31(16-4-1)49-52-50(32-17-5-2-6-18-32)54-51(53-49)39-25-12-24-38-37-23-11-22-36(47(37)57-48(38)39)35-21-13-29-43-45(35)46-42(28-14-30-44(46)56-43)55-40-26-9-7-19-33(40)34-20-8-10-27-41(34)55/h1-30,49,51,53H,(H,52,54). The number of thiophene rings is 2. The summed E-state index contributed by atoms with van der Waals surface area (Å²) in [7, 11) is 0. The molecule has 11 aromatic rings. The molecule has 3 aromatic heterocycles. The lowest BCUT2D eigenvalue weighted by molar-refractivity contribution is 0.411. The summed E-state index contributed by atoms with van der Waals surface area (Å²) in [6, 6.07) is 65.9. The van der Waals surface area contributed by atoms with Gasteiger partial charge in [-0.05, 0) is 41.5 Å². The summed E-state index contributed by atoms with van der Waals surface area (Å²) in [5.41, 5.74) is 9.63. The smallest absolute Gasteiger partial charge is 0.131 e. The van der Waals surface area contributed by atoms with E-state index in [2.05, 4.69) is 197 Å². The van der Waals surface area contributed by atoms with Crippen molar-refractivity contribution in [3.05, 3.63) is 199 Å². The number of amidine groups is 1. The largest absolute Gasteiger partial charge is 0.350 e. The van der Waals surface area contributed by atoms with Crippen LogP contribution in [0.15, 0.2) is 187 Å². The molecule has 8 aromatic carbocycles. The second kappa shape index (κ2) is 13.0. The summed E-state index contributed by atoms with van der Waals surface area (Å²) in [4.78, 5) is 5.18. The molecule has 57 heavy (non-hydrogen) atoms. The number of hydrogen-bond acceptors (Lipinski definition) is 5. The minimum absolute atomic E-state index is 0.152. The highest BCUT2D eigenvalue weighted by Crippen LogP contribution is 2.48. The fraction of sp³-hybridized carbons (Fsp3) is 0.0392. The average Bonchev–Trinajstić information content (AvgIpc) is 3.97. The zero-order chi connectivity index (χ0) is 37.5. The summed E-state index contributed by atoms with van der Waals surface area (Å²) in [5, 5.41) is 15.4. The highest BCUT2D eigenvalue weighted by atomic mass is 32.1. The van der Waals surface area contributed by atoms with Gasteiger partial charge in [-0.15, -0.1) is 22.7 Å². The van der Waals surface area contributed by atoms with E-state index < -0.39 is 0 Å². The third kappa shape index (κ3) is 5.12. The molecule has 0 fully saturated rings. The Labute approximate surface area is 337 Å². The van der Waals surface area contributed by atoms with E-state index in [9.17, 15) is 0 Å². The molecule has 4 heterocycles. The second-order valence-electron chi connectivity index (χ2n) is 14.7. The number of fused-ring (bicyclic) bond motifs is 9. The van der Waals surface area contributed by atoms with Crippen LogP contribution in [-0.2, 0) is 0 Å². The lowest BCUT2D eigenvalue weighted by atomic mass is 9.97. The van der Waals surface area contributed by atoms with Gasteiger partial charge in [-0.25, -0.2) is 4.99 Å². The monoisotopic (exact) mass is 766 g/mol. The van der Waals surface area contributed by atoms with E-state index >= 15 is 0 Å². The Morgan fingerprint density at radius 3 is 1.84 bits per heavy atom. The summed E-state index contributed by atoms with van der Waals surface area (Å²) in [6.45, 7) is 0. The van der Waals surface area contributed by atoms with Crippen LogP contribution in [0.25, 0.3) is 79.0 Å². The molecule has 0 aliphatic carbocycles. The van der Waals surface area contributed by atoms with Crippen molar-refractivity contribution in [2.24, 2.45) is 4.99 Å². The molecular formula is C51H34N4S2. The summed E-state index contributed by atoms with van der Waals surface area (Å²) < 4.78 is 7.64. The number of hydrogen-bond donors (Lipinski definition) is 2. The van der Waals surface area contributed by atoms with Gasteiger partial charge >= 0.3 is 0 Å². The van der Waals surface area contributed by atoms with Gasteiger partial charge in [0.05, 0.1) is 16.7 Å². The zero-order valence-corrected chi connectivity index (χ0v) is 32.3. The van der Waals surface area contributed by atoms with E-state index in [4.69, 9.17) is 4.99 Å². The van der Waals surface area contributed by atoms with Crippen molar-refractivity contribution in [1.82, 2.24) is 15.2 Å². The second-order valence-corrected chi connectivity index (χ2v) is 16.8. The van der Waals surface area contributed by atoms with Crippen LogP contribution >= 0.6 is 22.7 Å². The van der Waals surface area contributed by atoms with Gasteiger partial charge in [0.2, 0.25) is 0 Å². The van der Waals surface area contributed by atoms with Gasteiger partial charge in [-0.3, -0.25) is 5.32 Å². The minimum Gasteiger partial charge on any atom is -0.350 e. The van der Waals surface area contributed by atoms with Gasteiger partial charge in [0.1, 0.15) is 18.2 Å². The van der Waals surface area contributed by atoms with Gasteiger partial charge in [0.25, 0.3) is 0 Å². The summed E-state index contributed by atoms with van der Waals surface area (Å²) in [5.74, 6) is 0.891. The van der Waals surface area contributed by atoms with Crippen LogP contribution in [0.3, 0.4) is 0 Å². The number of para-hydroxylation sites is 2. The van der Waals surface area contributed by atoms with Crippen molar-refractivity contribution >= 4 is 90.7 Å². The fourth-order valence-corrected chi connectivity index (χ4v) is 11.5. The number of aromatic nitrogens is 1. The van der Waals surface area contributed by atoms with Gasteiger partial charge in [0, 0.05) is 67.8 Å². The van der Waals surface area contributed by atoms with Crippen LogP contribution in [0.5, 0.6) is 0 Å². The van der Waals surface area contributed by atoms with Crippen LogP contribution in [0.4, 0.5) is 0 Å². The Bertz CT molecular complexity index is 3320. The number of aliphatic imine (C=N–C) groups is 1. The predicted octanol–water partition coefficient (Wildman–Crippen LogP) is 13.5. The number of nitrogens with one attached hydrogen (secondary N) is 2. The molecule has 2 N–H and O–H groups in total. The Morgan fingerprint density at radius 1 is 0.474 bits per heavy atom. The van der Waals surface area contributed by atoms with E-state index in [1.165, 1.54) is 84.5 Å². The molecule has 0 saturated heterocycles. The Kier molecular flexibility index (Phi) is 7.45. The van der Waals surface area contributed by atoms with Crippen molar-refractivity contribution in [3.8, 4) is 16.8 Å². The molecule has 0 spiro atoms. The number of rotatable bonds is 5. The highest BCUT2D eigenvalue weighted by molar-refractivity contribution is 7.27. The van der Waals surface area contributed by atoms with Crippen molar-refractivity contribution in [2.45, 2.75) is 12.3 Å². The summed E-state index contributed by atoms with van der Waals surface area (Å²) in [6.07, 6.45) is -0.345. The van der Waals surface area contributed by atoms with Crippen LogP contribution in [-0.4, -0.2) is 10.4 Å². The molecule has 270 valence electrons. The maximum atomic E-state index is 5.18. The van der Waals surface area contributed by atoms with E-state index in [1.54, 1.807) is 0 Å². The molecule has 0 radical (unpaired) electrons. The first-order valence-corrected chi connectivity index (χ1v) is 21.0. The van der Waals surface area contributed by atoms with Crippen molar-refractivity contribution in [3.63, 3.8) is 0 Å². The topological polar surface area (TPSA) is 41.4 Å². The van der Waals surface area contributed by atoms with Crippen molar-refractivity contribution in [2.75, 3.05) is 0 Å². The fourth-order valence-electron chi connectivity index (χ4n) is 8.99. The van der Waals surface area contributed by atoms with E-state index in [0.717, 1.165) is 17.0 Å². The van der Waals surface area contributed by atoms with Crippen LogP contribution < -0.4 is 10.6 Å². The predicted molar refractivity (Wildman–Crippen MR) is 243 cm³/mol. The number of nitrogens with zero attached hydrogens (tertiary/aromatic N) is 2. The number of benzene rings is 8. The van der Waals surface area contributed by atoms with Gasteiger partial charge < -0.3 is 9.88 Å². The molecule has 1 aliphatic heterocycles. The Morgan fingerprint density at radius 2 is 1.07 bits per heavy atom. The first kappa shape index (κ1) is 32.7. The highest BCUT2D eigenvalue weighted by Gasteiger charge is 2.28. The molecule has 6 heteroatoms. The Hall–Kier alpha value is -6.57. The maximum absolute atomic E-state index is 5.18. The van der Waals surface area contributed by atoms with Crippen LogP contribution in [0.1, 0.15) is 29.0 Å². The first-order chi connectivity index (χ1) is 28.3. The van der Waals surface area contributed by atoms with E-state index in [1.807, 2.05) is 22.7 Å².